The number of nitrogens with zero attached hydrogens (tertiary/aromatic N) is 1. The van der Waals surface area contributed by atoms with Gasteiger partial charge in [0.1, 0.15) is 0 Å². The zero-order chi connectivity index (χ0) is 13.1. The smallest absolute Gasteiger partial charge is 0.0701 e. The number of rotatable bonds is 4. The molecule has 0 radical (unpaired) electrons. The van der Waals surface area contributed by atoms with Crippen LogP contribution in [-0.2, 0) is 13.1 Å². The SMILES string of the molecule is CN(Cc1csc(Br)c1)c1ccc(Br)cc1CN. The molecule has 0 aliphatic carbocycles. The fraction of sp³-hybridized carbons (Fsp3) is 0.231. The second-order valence-corrected chi connectivity index (χ2v) is 7.30. The number of hydrogen-bond acceptors (Lipinski definition) is 3. The zero-order valence-electron chi connectivity index (χ0n) is 9.99. The van der Waals surface area contributed by atoms with Crippen molar-refractivity contribution in [2.45, 2.75) is 13.1 Å². The molecule has 1 aromatic heterocycles. The molecule has 0 saturated carbocycles. The molecule has 0 unspecified atom stereocenters. The first kappa shape index (κ1) is 14.1. The Morgan fingerprint density at radius 1 is 1.28 bits per heavy atom. The van der Waals surface area contributed by atoms with Crippen LogP contribution in [0.3, 0.4) is 0 Å². The third-order valence-electron chi connectivity index (χ3n) is 2.71. The maximum Gasteiger partial charge on any atom is 0.0701 e. The Balaban J connectivity index is 2.20. The van der Waals surface area contributed by atoms with Crippen molar-refractivity contribution < 1.29 is 0 Å². The minimum Gasteiger partial charge on any atom is -0.370 e. The van der Waals surface area contributed by atoms with Gasteiger partial charge in [-0.25, -0.2) is 0 Å². The summed E-state index contributed by atoms with van der Waals surface area (Å²) in [6.07, 6.45) is 0. The van der Waals surface area contributed by atoms with E-state index >= 15 is 0 Å². The molecule has 0 bridgehead atoms. The predicted octanol–water partition coefficient (Wildman–Crippen LogP) is 4.37. The normalized spacial score (nSPS) is 10.7. The van der Waals surface area contributed by atoms with Crippen LogP contribution in [0.1, 0.15) is 11.1 Å². The molecule has 0 saturated heterocycles. The van der Waals surface area contributed by atoms with E-state index < -0.39 is 0 Å². The average Bonchev–Trinajstić information content (AvgIpc) is 2.74. The molecule has 2 N–H and O–H groups in total. The van der Waals surface area contributed by atoms with Gasteiger partial charge < -0.3 is 10.6 Å². The van der Waals surface area contributed by atoms with Crippen molar-refractivity contribution in [1.82, 2.24) is 0 Å². The molecule has 0 aliphatic heterocycles. The molecule has 0 atom stereocenters. The number of nitrogens with two attached hydrogens (primary N) is 1. The summed E-state index contributed by atoms with van der Waals surface area (Å²) in [6.45, 7) is 1.43. The molecular formula is C13H14Br2N2S. The molecule has 0 fully saturated rings. The molecular weight excluding hydrogens is 376 g/mol. The predicted molar refractivity (Wildman–Crippen MR) is 86.2 cm³/mol. The summed E-state index contributed by atoms with van der Waals surface area (Å²) in [4.78, 5) is 2.23. The van der Waals surface area contributed by atoms with Crippen LogP contribution in [0.15, 0.2) is 37.9 Å². The van der Waals surface area contributed by atoms with Crippen molar-refractivity contribution in [1.29, 1.82) is 0 Å². The van der Waals surface area contributed by atoms with Crippen LogP contribution >= 0.6 is 43.2 Å². The molecule has 2 aromatic rings. The van der Waals surface area contributed by atoms with Crippen molar-refractivity contribution in [3.63, 3.8) is 0 Å². The zero-order valence-corrected chi connectivity index (χ0v) is 14.0. The molecule has 1 heterocycles. The van der Waals surface area contributed by atoms with Gasteiger partial charge in [-0.05, 0) is 56.7 Å². The molecule has 0 spiro atoms. The molecule has 0 amide bonds. The van der Waals surface area contributed by atoms with Gasteiger partial charge in [0.2, 0.25) is 0 Å². The van der Waals surface area contributed by atoms with Gasteiger partial charge in [0.25, 0.3) is 0 Å². The summed E-state index contributed by atoms with van der Waals surface area (Å²) < 4.78 is 2.24. The van der Waals surface area contributed by atoms with E-state index in [-0.39, 0.29) is 0 Å². The van der Waals surface area contributed by atoms with Crippen LogP contribution < -0.4 is 10.6 Å². The molecule has 2 rings (SSSR count). The Morgan fingerprint density at radius 2 is 2.06 bits per heavy atom. The van der Waals surface area contributed by atoms with Crippen molar-refractivity contribution >= 4 is 48.9 Å². The quantitative estimate of drug-likeness (QED) is 0.841. The maximum atomic E-state index is 5.80. The topological polar surface area (TPSA) is 29.3 Å². The van der Waals surface area contributed by atoms with Gasteiger partial charge in [0.05, 0.1) is 3.79 Å². The van der Waals surface area contributed by atoms with Gasteiger partial charge in [0.15, 0.2) is 0 Å². The number of thiophene rings is 1. The largest absolute Gasteiger partial charge is 0.370 e. The molecule has 96 valence electrons. The lowest BCUT2D eigenvalue weighted by molar-refractivity contribution is 0.907. The fourth-order valence-electron chi connectivity index (χ4n) is 1.88. The van der Waals surface area contributed by atoms with E-state index in [0.29, 0.717) is 6.54 Å². The summed E-state index contributed by atoms with van der Waals surface area (Å²) in [5.41, 5.74) is 9.44. The second kappa shape index (κ2) is 6.19. The van der Waals surface area contributed by atoms with Gasteiger partial charge in [-0.3, -0.25) is 0 Å². The van der Waals surface area contributed by atoms with Crippen LogP contribution in [-0.4, -0.2) is 7.05 Å². The van der Waals surface area contributed by atoms with Crippen molar-refractivity contribution in [2.24, 2.45) is 5.73 Å². The van der Waals surface area contributed by atoms with E-state index in [4.69, 9.17) is 5.73 Å². The van der Waals surface area contributed by atoms with Gasteiger partial charge in [-0.2, -0.15) is 0 Å². The van der Waals surface area contributed by atoms with E-state index in [1.54, 1.807) is 11.3 Å². The standard InChI is InChI=1S/C13H14Br2N2S/c1-17(7-9-4-13(15)18-8-9)12-3-2-11(14)5-10(12)6-16/h2-5,8H,6-7,16H2,1H3. The average molecular weight is 390 g/mol. The Morgan fingerprint density at radius 3 is 2.67 bits per heavy atom. The van der Waals surface area contributed by atoms with Crippen LogP contribution in [0.2, 0.25) is 0 Å². The first-order chi connectivity index (χ1) is 8.60. The lowest BCUT2D eigenvalue weighted by Gasteiger charge is -2.22. The highest BCUT2D eigenvalue weighted by atomic mass is 79.9. The highest BCUT2D eigenvalue weighted by molar-refractivity contribution is 9.11. The van der Waals surface area contributed by atoms with Gasteiger partial charge in [0, 0.05) is 30.3 Å². The minimum atomic E-state index is 0.548. The van der Waals surface area contributed by atoms with Crippen LogP contribution in [0, 0.1) is 0 Å². The Hall–Kier alpha value is -0.360. The molecule has 5 heteroatoms. The van der Waals surface area contributed by atoms with Gasteiger partial charge >= 0.3 is 0 Å². The summed E-state index contributed by atoms with van der Waals surface area (Å²) in [5, 5.41) is 2.17. The Kier molecular flexibility index (Phi) is 4.84. The fourth-order valence-corrected chi connectivity index (χ4v) is 3.49. The van der Waals surface area contributed by atoms with E-state index in [9.17, 15) is 0 Å². The minimum absolute atomic E-state index is 0.548. The van der Waals surface area contributed by atoms with Crippen LogP contribution in [0.5, 0.6) is 0 Å². The van der Waals surface area contributed by atoms with Crippen molar-refractivity contribution in [2.75, 3.05) is 11.9 Å². The Labute approximate surface area is 128 Å². The molecule has 0 aliphatic rings. The van der Waals surface area contributed by atoms with Crippen molar-refractivity contribution in [3.05, 3.63) is 49.0 Å². The third kappa shape index (κ3) is 3.35. The second-order valence-electron chi connectivity index (χ2n) is 4.09. The Bertz CT molecular complexity index is 540. The number of hydrogen-bond donors (Lipinski definition) is 1. The van der Waals surface area contributed by atoms with Gasteiger partial charge in [-0.15, -0.1) is 11.3 Å². The molecule has 18 heavy (non-hydrogen) atoms. The molecule has 2 nitrogen and oxygen atoms in total. The lowest BCUT2D eigenvalue weighted by Crippen LogP contribution is -2.18. The highest BCUT2D eigenvalue weighted by Gasteiger charge is 2.08. The summed E-state index contributed by atoms with van der Waals surface area (Å²) in [5.74, 6) is 0. The monoisotopic (exact) mass is 388 g/mol. The first-order valence-corrected chi connectivity index (χ1v) is 7.99. The summed E-state index contributed by atoms with van der Waals surface area (Å²) in [6, 6.07) is 8.39. The maximum absolute atomic E-state index is 5.80. The summed E-state index contributed by atoms with van der Waals surface area (Å²) in [7, 11) is 2.09. The van der Waals surface area contributed by atoms with Gasteiger partial charge in [-0.1, -0.05) is 15.9 Å². The third-order valence-corrected chi connectivity index (χ3v) is 4.76. The van der Waals surface area contributed by atoms with Crippen LogP contribution in [0.25, 0.3) is 0 Å². The van der Waals surface area contributed by atoms with Crippen LogP contribution in [0.4, 0.5) is 5.69 Å². The summed E-state index contributed by atoms with van der Waals surface area (Å²) >= 11 is 8.68. The number of anilines is 1. The number of halogens is 2. The van der Waals surface area contributed by atoms with E-state index in [1.807, 2.05) is 0 Å². The number of benzene rings is 1. The van der Waals surface area contributed by atoms with Crippen molar-refractivity contribution in [3.8, 4) is 0 Å². The van der Waals surface area contributed by atoms with E-state index in [2.05, 4.69) is 73.5 Å². The first-order valence-electron chi connectivity index (χ1n) is 5.52. The molecule has 1 aromatic carbocycles. The van der Waals surface area contributed by atoms with E-state index in [0.717, 1.165) is 16.6 Å². The lowest BCUT2D eigenvalue weighted by atomic mass is 10.1. The van der Waals surface area contributed by atoms with E-state index in [1.165, 1.54) is 15.0 Å². The highest BCUT2D eigenvalue weighted by Crippen LogP contribution is 2.27.